The minimum Gasteiger partial charge on any atom is -0.490 e. The van der Waals surface area contributed by atoms with Crippen LogP contribution in [0.15, 0.2) is 36.4 Å². The van der Waals surface area contributed by atoms with Gasteiger partial charge in [0.05, 0.1) is 25.2 Å². The molecule has 2 rings (SSSR count). The second-order valence-corrected chi connectivity index (χ2v) is 8.95. The molecule has 0 fully saturated rings. The van der Waals surface area contributed by atoms with Gasteiger partial charge in [0.1, 0.15) is 6.54 Å². The molecule has 8 heteroatoms. The van der Waals surface area contributed by atoms with Crippen molar-refractivity contribution in [3.8, 4) is 11.5 Å². The van der Waals surface area contributed by atoms with Gasteiger partial charge in [-0.3, -0.25) is 9.10 Å². The van der Waals surface area contributed by atoms with E-state index in [1.807, 2.05) is 45.9 Å². The molecule has 164 valence electrons. The van der Waals surface area contributed by atoms with Gasteiger partial charge < -0.3 is 14.8 Å². The molecular weight excluding hydrogens is 404 g/mol. The molecule has 2 aromatic rings. The van der Waals surface area contributed by atoms with Crippen LogP contribution in [0.1, 0.15) is 30.5 Å². The Morgan fingerprint density at radius 1 is 0.967 bits per heavy atom. The highest BCUT2D eigenvalue weighted by Crippen LogP contribution is 2.28. The Bertz CT molecular complexity index is 969. The summed E-state index contributed by atoms with van der Waals surface area (Å²) in [6.45, 7) is 8.53. The van der Waals surface area contributed by atoms with E-state index in [2.05, 4.69) is 5.32 Å². The maximum atomic E-state index is 12.5. The van der Waals surface area contributed by atoms with Crippen LogP contribution in [0.4, 0.5) is 5.69 Å². The fourth-order valence-corrected chi connectivity index (χ4v) is 3.93. The molecule has 0 saturated heterocycles. The minimum absolute atomic E-state index is 0.246. The topological polar surface area (TPSA) is 84.9 Å². The molecule has 0 aliphatic carbocycles. The van der Waals surface area contributed by atoms with Crippen molar-refractivity contribution in [3.63, 3.8) is 0 Å². The van der Waals surface area contributed by atoms with Crippen LogP contribution in [0.2, 0.25) is 0 Å². The molecule has 0 unspecified atom stereocenters. The van der Waals surface area contributed by atoms with Crippen molar-refractivity contribution >= 4 is 21.6 Å². The lowest BCUT2D eigenvalue weighted by atomic mass is 10.1. The molecule has 0 radical (unpaired) electrons. The maximum Gasteiger partial charge on any atom is 0.241 e. The third kappa shape index (κ3) is 6.66. The Hall–Kier alpha value is -2.74. The van der Waals surface area contributed by atoms with Gasteiger partial charge in [-0.05, 0) is 68.7 Å². The number of ether oxygens (including phenoxy) is 2. The van der Waals surface area contributed by atoms with Gasteiger partial charge in [-0.25, -0.2) is 8.42 Å². The van der Waals surface area contributed by atoms with E-state index in [-0.39, 0.29) is 13.1 Å². The smallest absolute Gasteiger partial charge is 0.241 e. The lowest BCUT2D eigenvalue weighted by Crippen LogP contribution is -2.40. The van der Waals surface area contributed by atoms with Crippen LogP contribution >= 0.6 is 0 Å². The second-order valence-electron chi connectivity index (χ2n) is 7.04. The van der Waals surface area contributed by atoms with Crippen LogP contribution < -0.4 is 19.1 Å². The van der Waals surface area contributed by atoms with Gasteiger partial charge >= 0.3 is 0 Å². The molecule has 1 amide bonds. The van der Waals surface area contributed by atoms with Crippen LogP contribution in [-0.2, 0) is 21.4 Å². The molecule has 0 heterocycles. The molecule has 7 nitrogen and oxygen atoms in total. The highest BCUT2D eigenvalue weighted by molar-refractivity contribution is 7.92. The second kappa shape index (κ2) is 10.3. The Balaban J connectivity index is 2.12. The standard InChI is InChI=1S/C22H30N2O5S/c1-6-28-20-9-8-18(13-21(20)29-7-2)14-23-22(25)15-24(30(5,26)27)19-11-16(3)10-17(4)12-19/h8-13H,6-7,14-15H2,1-5H3,(H,23,25). The van der Waals surface area contributed by atoms with Crippen molar-refractivity contribution in [2.75, 3.05) is 30.3 Å². The largest absolute Gasteiger partial charge is 0.490 e. The zero-order valence-corrected chi connectivity index (χ0v) is 19.0. The number of benzene rings is 2. The average molecular weight is 435 g/mol. The summed E-state index contributed by atoms with van der Waals surface area (Å²) in [5, 5.41) is 2.78. The molecule has 0 spiro atoms. The van der Waals surface area contributed by atoms with Gasteiger partial charge in [-0.2, -0.15) is 0 Å². The number of hydrogen-bond acceptors (Lipinski definition) is 5. The molecule has 0 atom stereocenters. The summed E-state index contributed by atoms with van der Waals surface area (Å²) < 4.78 is 36.9. The van der Waals surface area contributed by atoms with Gasteiger partial charge in [0.15, 0.2) is 11.5 Å². The van der Waals surface area contributed by atoms with Crippen molar-refractivity contribution < 1.29 is 22.7 Å². The number of anilines is 1. The van der Waals surface area contributed by atoms with Crippen LogP contribution in [-0.4, -0.2) is 40.3 Å². The zero-order valence-electron chi connectivity index (χ0n) is 18.2. The van der Waals surface area contributed by atoms with Crippen LogP contribution in [0.3, 0.4) is 0 Å². The summed E-state index contributed by atoms with van der Waals surface area (Å²) in [4.78, 5) is 12.5. The Morgan fingerprint density at radius 2 is 1.57 bits per heavy atom. The number of sulfonamides is 1. The van der Waals surface area contributed by atoms with E-state index in [0.717, 1.165) is 27.3 Å². The summed E-state index contributed by atoms with van der Waals surface area (Å²) in [5.41, 5.74) is 3.16. The summed E-state index contributed by atoms with van der Waals surface area (Å²) in [6.07, 6.45) is 1.10. The average Bonchev–Trinajstić information content (AvgIpc) is 2.65. The molecule has 0 saturated carbocycles. The van der Waals surface area contributed by atoms with Gasteiger partial charge in [-0.15, -0.1) is 0 Å². The first-order chi connectivity index (χ1) is 14.1. The summed E-state index contributed by atoms with van der Waals surface area (Å²) in [6, 6.07) is 10.9. The van der Waals surface area contributed by atoms with Crippen molar-refractivity contribution in [1.82, 2.24) is 5.32 Å². The molecule has 30 heavy (non-hydrogen) atoms. The van der Waals surface area contributed by atoms with E-state index in [1.54, 1.807) is 18.2 Å². The number of hydrogen-bond donors (Lipinski definition) is 1. The van der Waals surface area contributed by atoms with Gasteiger partial charge in [-0.1, -0.05) is 12.1 Å². The monoisotopic (exact) mass is 434 g/mol. The van der Waals surface area contributed by atoms with Crippen LogP contribution in [0.5, 0.6) is 11.5 Å². The molecular formula is C22H30N2O5S. The summed E-state index contributed by atoms with van der Waals surface area (Å²) in [7, 11) is -3.62. The Morgan fingerprint density at radius 3 is 2.13 bits per heavy atom. The highest BCUT2D eigenvalue weighted by Gasteiger charge is 2.21. The zero-order chi connectivity index (χ0) is 22.3. The molecule has 0 aliphatic rings. The Kier molecular flexibility index (Phi) is 8.11. The predicted octanol–water partition coefficient (Wildman–Crippen LogP) is 3.18. The quantitative estimate of drug-likeness (QED) is 0.621. The van der Waals surface area contributed by atoms with E-state index in [0.29, 0.717) is 30.4 Å². The SMILES string of the molecule is CCOc1ccc(CNC(=O)CN(c2cc(C)cc(C)c2)S(C)(=O)=O)cc1OCC. The number of aryl methyl sites for hydroxylation is 2. The molecule has 0 aromatic heterocycles. The highest BCUT2D eigenvalue weighted by atomic mass is 32.2. The lowest BCUT2D eigenvalue weighted by molar-refractivity contribution is -0.119. The van der Waals surface area contributed by atoms with Gasteiger partial charge in [0.2, 0.25) is 15.9 Å². The normalized spacial score (nSPS) is 11.1. The van der Waals surface area contributed by atoms with E-state index in [1.165, 1.54) is 0 Å². The number of carbonyl (C=O) groups excluding carboxylic acids is 1. The number of carbonyl (C=O) groups is 1. The van der Waals surface area contributed by atoms with E-state index < -0.39 is 15.9 Å². The molecule has 0 aliphatic heterocycles. The van der Waals surface area contributed by atoms with Crippen molar-refractivity contribution in [1.29, 1.82) is 0 Å². The van der Waals surface area contributed by atoms with Crippen molar-refractivity contribution in [3.05, 3.63) is 53.1 Å². The summed E-state index contributed by atoms with van der Waals surface area (Å²) in [5.74, 6) is 0.859. The predicted molar refractivity (Wildman–Crippen MR) is 119 cm³/mol. The van der Waals surface area contributed by atoms with Crippen LogP contribution in [0.25, 0.3) is 0 Å². The third-order valence-corrected chi connectivity index (χ3v) is 5.42. The Labute approximate surface area is 179 Å². The first kappa shape index (κ1) is 23.5. The number of nitrogens with zero attached hydrogens (tertiary/aromatic N) is 1. The van der Waals surface area contributed by atoms with E-state index in [9.17, 15) is 13.2 Å². The van der Waals surface area contributed by atoms with Crippen molar-refractivity contribution in [2.45, 2.75) is 34.2 Å². The first-order valence-electron chi connectivity index (χ1n) is 9.85. The van der Waals surface area contributed by atoms with Crippen molar-refractivity contribution in [2.24, 2.45) is 0 Å². The minimum atomic E-state index is -3.62. The maximum absolute atomic E-state index is 12.5. The van der Waals surface area contributed by atoms with E-state index >= 15 is 0 Å². The number of nitrogens with one attached hydrogen (secondary N) is 1. The summed E-state index contributed by atoms with van der Waals surface area (Å²) >= 11 is 0. The number of amides is 1. The van der Waals surface area contributed by atoms with Gasteiger partial charge in [0.25, 0.3) is 0 Å². The number of rotatable bonds is 10. The van der Waals surface area contributed by atoms with E-state index in [4.69, 9.17) is 9.47 Å². The molecule has 2 aromatic carbocycles. The van der Waals surface area contributed by atoms with Gasteiger partial charge in [0, 0.05) is 6.54 Å². The fraction of sp³-hybridized carbons (Fsp3) is 0.409. The lowest BCUT2D eigenvalue weighted by Gasteiger charge is -2.23. The third-order valence-electron chi connectivity index (χ3n) is 4.28. The van der Waals surface area contributed by atoms with Crippen LogP contribution in [0, 0.1) is 13.8 Å². The molecule has 1 N–H and O–H groups in total. The fourth-order valence-electron chi connectivity index (χ4n) is 3.09. The first-order valence-corrected chi connectivity index (χ1v) is 11.7. The molecule has 0 bridgehead atoms.